The van der Waals surface area contributed by atoms with Gasteiger partial charge in [0.25, 0.3) is 5.91 Å². The maximum Gasteiger partial charge on any atom is 0.255 e. The predicted octanol–water partition coefficient (Wildman–Crippen LogP) is 2.93. The highest BCUT2D eigenvalue weighted by molar-refractivity contribution is 6.02. The number of aromatic nitrogens is 3. The Bertz CT molecular complexity index is 1140. The van der Waals surface area contributed by atoms with E-state index < -0.39 is 17.7 Å². The van der Waals surface area contributed by atoms with Gasteiger partial charge in [0.15, 0.2) is 5.65 Å². The quantitative estimate of drug-likeness (QED) is 0.537. The first-order valence-electron chi connectivity index (χ1n) is 9.90. The Hall–Kier alpha value is -3.51. The number of nitrogens with one attached hydrogen (secondary N) is 2. The van der Waals surface area contributed by atoms with Gasteiger partial charge in [-0.05, 0) is 39.8 Å². The molecule has 31 heavy (non-hydrogen) atoms. The molecule has 0 aliphatic rings. The van der Waals surface area contributed by atoms with Crippen LogP contribution in [0.15, 0.2) is 36.7 Å². The zero-order valence-electron chi connectivity index (χ0n) is 17.8. The van der Waals surface area contributed by atoms with Crippen molar-refractivity contribution in [2.24, 2.45) is 0 Å². The van der Waals surface area contributed by atoms with Crippen LogP contribution < -0.4 is 10.6 Å². The topological polar surface area (TPSA) is 115 Å². The van der Waals surface area contributed by atoms with Crippen molar-refractivity contribution in [3.8, 4) is 17.3 Å². The molecule has 8 nitrogen and oxygen atoms in total. The first kappa shape index (κ1) is 22.2. The summed E-state index contributed by atoms with van der Waals surface area (Å²) in [5.41, 5.74) is 1.39. The van der Waals surface area contributed by atoms with Crippen LogP contribution in [0, 0.1) is 11.3 Å². The van der Waals surface area contributed by atoms with Gasteiger partial charge < -0.3 is 15.7 Å². The Morgan fingerprint density at radius 1 is 1.39 bits per heavy atom. The number of nitriles is 1. The van der Waals surface area contributed by atoms with E-state index in [1.54, 1.807) is 28.9 Å². The molecule has 0 radical (unpaired) electrons. The summed E-state index contributed by atoms with van der Waals surface area (Å²) in [7, 11) is 0. The van der Waals surface area contributed by atoms with E-state index in [0.717, 1.165) is 5.56 Å². The monoisotopic (exact) mass is 424 g/mol. The first-order valence-corrected chi connectivity index (χ1v) is 9.90. The van der Waals surface area contributed by atoms with Crippen LogP contribution in [0.25, 0.3) is 16.9 Å². The maximum absolute atomic E-state index is 14.1. The number of nitrogens with zero attached hydrogens (tertiary/aromatic N) is 4. The summed E-state index contributed by atoms with van der Waals surface area (Å²) in [6, 6.07) is 9.13. The molecule has 2 heterocycles. The molecule has 0 spiro atoms. The number of anilines is 1. The molecule has 9 heteroatoms. The van der Waals surface area contributed by atoms with E-state index in [9.17, 15) is 14.3 Å². The minimum absolute atomic E-state index is 0.00915. The molecule has 0 aliphatic carbocycles. The standard InChI is InChI=1S/C22H25FN6O2/c1-13(2)27-19-16(21(30)25-11-18(23)22(3,4)31)10-26-29-12-17(28-20(19)29)15-7-5-6-14(8-15)9-24/h5-8,10,12-13,18,27,31H,11H2,1-4H3,(H,25,30)/t18-/m1/s1. The molecule has 162 valence electrons. The SMILES string of the molecule is CC(C)Nc1c(C(=O)NC[C@@H](F)C(C)(C)O)cnn2cc(-c3cccc(C#N)c3)nc12. The van der Waals surface area contributed by atoms with Crippen LogP contribution in [0.2, 0.25) is 0 Å². The number of carbonyl (C=O) groups is 1. The Balaban J connectivity index is 2.00. The zero-order chi connectivity index (χ0) is 22.8. The lowest BCUT2D eigenvalue weighted by Crippen LogP contribution is -2.42. The highest BCUT2D eigenvalue weighted by Gasteiger charge is 2.27. The fraction of sp³-hybridized carbons (Fsp3) is 0.364. The lowest BCUT2D eigenvalue weighted by atomic mass is 10.0. The number of rotatable bonds is 7. The molecule has 0 saturated carbocycles. The normalized spacial score (nSPS) is 12.6. The number of amides is 1. The molecule has 0 bridgehead atoms. The molecular formula is C22H25FN6O2. The molecule has 1 atom stereocenters. The largest absolute Gasteiger partial charge is 0.387 e. The van der Waals surface area contributed by atoms with Crippen LogP contribution in [-0.2, 0) is 0 Å². The van der Waals surface area contributed by atoms with E-state index in [-0.39, 0.29) is 18.2 Å². The van der Waals surface area contributed by atoms with Gasteiger partial charge >= 0.3 is 0 Å². The van der Waals surface area contributed by atoms with Crippen LogP contribution in [-0.4, -0.2) is 50.0 Å². The minimum Gasteiger partial charge on any atom is -0.387 e. The van der Waals surface area contributed by atoms with E-state index in [0.29, 0.717) is 22.6 Å². The highest BCUT2D eigenvalue weighted by Crippen LogP contribution is 2.26. The van der Waals surface area contributed by atoms with Crippen molar-refractivity contribution in [2.75, 3.05) is 11.9 Å². The maximum atomic E-state index is 14.1. The second-order valence-corrected chi connectivity index (χ2v) is 8.15. The van der Waals surface area contributed by atoms with Crippen molar-refractivity contribution < 1.29 is 14.3 Å². The molecule has 0 saturated heterocycles. The number of hydrogen-bond acceptors (Lipinski definition) is 6. The third-order valence-corrected chi connectivity index (χ3v) is 4.67. The number of fused-ring (bicyclic) bond motifs is 1. The zero-order valence-corrected chi connectivity index (χ0v) is 17.8. The lowest BCUT2D eigenvalue weighted by Gasteiger charge is -2.22. The lowest BCUT2D eigenvalue weighted by molar-refractivity contribution is -0.00177. The second kappa shape index (κ2) is 8.70. The Kier molecular flexibility index (Phi) is 6.22. The van der Waals surface area contributed by atoms with Gasteiger partial charge in [-0.25, -0.2) is 13.9 Å². The molecule has 3 aromatic rings. The summed E-state index contributed by atoms with van der Waals surface area (Å²) in [5.74, 6) is -0.527. The van der Waals surface area contributed by atoms with Gasteiger partial charge in [-0.15, -0.1) is 0 Å². The van der Waals surface area contributed by atoms with Crippen molar-refractivity contribution in [3.63, 3.8) is 0 Å². The molecule has 1 aromatic carbocycles. The smallest absolute Gasteiger partial charge is 0.255 e. The van der Waals surface area contributed by atoms with Gasteiger partial charge in [0, 0.05) is 11.6 Å². The molecule has 3 rings (SSSR count). The van der Waals surface area contributed by atoms with Crippen molar-refractivity contribution >= 4 is 17.2 Å². The van der Waals surface area contributed by atoms with Crippen LogP contribution in [0.1, 0.15) is 43.6 Å². The third kappa shape index (κ3) is 4.98. The molecule has 0 unspecified atom stereocenters. The minimum atomic E-state index is -1.62. The van der Waals surface area contributed by atoms with Crippen LogP contribution in [0.5, 0.6) is 0 Å². The molecule has 0 aliphatic heterocycles. The fourth-order valence-electron chi connectivity index (χ4n) is 2.95. The van der Waals surface area contributed by atoms with E-state index in [2.05, 4.69) is 26.8 Å². The first-order chi connectivity index (χ1) is 14.6. The molecular weight excluding hydrogens is 399 g/mol. The third-order valence-electron chi connectivity index (χ3n) is 4.67. The second-order valence-electron chi connectivity index (χ2n) is 8.15. The Morgan fingerprint density at radius 2 is 2.13 bits per heavy atom. The number of imidazole rings is 1. The number of alkyl halides is 1. The summed E-state index contributed by atoms with van der Waals surface area (Å²) >= 11 is 0. The molecule has 0 fully saturated rings. The van der Waals surface area contributed by atoms with Gasteiger partial charge in [0.1, 0.15) is 6.17 Å². The summed E-state index contributed by atoms with van der Waals surface area (Å²) < 4.78 is 15.6. The number of hydrogen-bond donors (Lipinski definition) is 3. The van der Waals surface area contributed by atoms with Crippen LogP contribution in [0.4, 0.5) is 10.1 Å². The summed E-state index contributed by atoms with van der Waals surface area (Å²) in [4.78, 5) is 17.4. The average Bonchev–Trinajstić information content (AvgIpc) is 3.16. The highest BCUT2D eigenvalue weighted by atomic mass is 19.1. The summed E-state index contributed by atoms with van der Waals surface area (Å²) in [6.45, 7) is 6.19. The van der Waals surface area contributed by atoms with Gasteiger partial charge in [-0.1, -0.05) is 12.1 Å². The average molecular weight is 424 g/mol. The predicted molar refractivity (Wildman–Crippen MR) is 115 cm³/mol. The van der Waals surface area contributed by atoms with E-state index in [1.165, 1.54) is 20.0 Å². The van der Waals surface area contributed by atoms with Gasteiger partial charge in [-0.2, -0.15) is 10.4 Å². The van der Waals surface area contributed by atoms with Gasteiger partial charge in [0.2, 0.25) is 0 Å². The van der Waals surface area contributed by atoms with Crippen LogP contribution >= 0.6 is 0 Å². The van der Waals surface area contributed by atoms with Gasteiger partial charge in [0.05, 0.1) is 53.1 Å². The molecule has 1 amide bonds. The fourth-order valence-corrected chi connectivity index (χ4v) is 2.95. The van der Waals surface area contributed by atoms with E-state index in [4.69, 9.17) is 5.26 Å². The number of benzene rings is 1. The van der Waals surface area contributed by atoms with Crippen molar-refractivity contribution in [2.45, 2.75) is 45.5 Å². The molecule has 3 N–H and O–H groups in total. The Morgan fingerprint density at radius 3 is 2.77 bits per heavy atom. The number of halogens is 1. The van der Waals surface area contributed by atoms with Crippen LogP contribution in [0.3, 0.4) is 0 Å². The van der Waals surface area contributed by atoms with Crippen molar-refractivity contribution in [1.82, 2.24) is 19.9 Å². The van der Waals surface area contributed by atoms with Gasteiger partial charge in [-0.3, -0.25) is 4.79 Å². The van der Waals surface area contributed by atoms with Crippen molar-refractivity contribution in [1.29, 1.82) is 5.26 Å². The number of aliphatic hydroxyl groups is 1. The summed E-state index contributed by atoms with van der Waals surface area (Å²) in [5, 5.41) is 28.9. The van der Waals surface area contributed by atoms with Crippen molar-refractivity contribution in [3.05, 3.63) is 47.8 Å². The molecule has 2 aromatic heterocycles. The van der Waals surface area contributed by atoms with E-state index >= 15 is 0 Å². The van der Waals surface area contributed by atoms with E-state index in [1.807, 2.05) is 19.9 Å². The Labute approximate surface area is 179 Å². The number of carbonyl (C=O) groups excluding carboxylic acids is 1. The summed E-state index contributed by atoms with van der Waals surface area (Å²) in [6.07, 6.45) is 1.48.